The maximum absolute atomic E-state index is 11.0. The largest absolute Gasteiger partial charge is 0.478 e. The minimum atomic E-state index is -1.23. The van der Waals surface area contributed by atoms with Crippen molar-refractivity contribution < 1.29 is 19.7 Å². The van der Waals surface area contributed by atoms with Crippen molar-refractivity contribution in [1.82, 2.24) is 0 Å². The van der Waals surface area contributed by atoms with E-state index in [4.69, 9.17) is 14.9 Å². The van der Waals surface area contributed by atoms with Gasteiger partial charge < -0.3 is 14.9 Å². The van der Waals surface area contributed by atoms with Gasteiger partial charge in [-0.15, -0.1) is 0 Å². The number of aryl methyl sites for hydroxylation is 1. The van der Waals surface area contributed by atoms with Crippen LogP contribution in [0, 0.1) is 0 Å². The summed E-state index contributed by atoms with van der Waals surface area (Å²) in [6.45, 7) is 3.29. The Balaban J connectivity index is 2.59. The standard InChI is InChI=1S/C15H22O4/c1-15(2,14(17)18)19-13-9-6-8-12(11-13)7-4-3-5-10-16/h6,8-9,11,16H,3-5,7,10H2,1-2H3,(H,17,18). The van der Waals surface area contributed by atoms with E-state index >= 15 is 0 Å². The van der Waals surface area contributed by atoms with Crippen LogP contribution in [-0.2, 0) is 11.2 Å². The fraction of sp³-hybridized carbons (Fsp3) is 0.533. The SMILES string of the molecule is CC(C)(Oc1cccc(CCCCCO)c1)C(=O)O. The molecule has 1 aromatic rings. The van der Waals surface area contributed by atoms with Crippen LogP contribution in [0.1, 0.15) is 38.7 Å². The highest BCUT2D eigenvalue weighted by molar-refractivity contribution is 5.76. The third-order valence-corrected chi connectivity index (χ3v) is 2.91. The quantitative estimate of drug-likeness (QED) is 0.710. The van der Waals surface area contributed by atoms with Crippen molar-refractivity contribution in [2.24, 2.45) is 0 Å². The first-order chi connectivity index (χ1) is 8.95. The van der Waals surface area contributed by atoms with Crippen LogP contribution in [0.25, 0.3) is 0 Å². The molecule has 0 aromatic heterocycles. The second kappa shape index (κ2) is 7.14. The van der Waals surface area contributed by atoms with Gasteiger partial charge >= 0.3 is 5.97 Å². The number of hydrogen-bond acceptors (Lipinski definition) is 3. The van der Waals surface area contributed by atoms with Crippen LogP contribution in [0.3, 0.4) is 0 Å². The van der Waals surface area contributed by atoms with Crippen LogP contribution >= 0.6 is 0 Å². The minimum absolute atomic E-state index is 0.232. The minimum Gasteiger partial charge on any atom is -0.478 e. The van der Waals surface area contributed by atoms with Crippen molar-refractivity contribution >= 4 is 5.97 Å². The second-order valence-electron chi connectivity index (χ2n) is 5.10. The normalized spacial score (nSPS) is 11.3. The number of aliphatic hydroxyl groups is 1. The van der Waals surface area contributed by atoms with E-state index in [2.05, 4.69) is 0 Å². The van der Waals surface area contributed by atoms with Gasteiger partial charge in [0.25, 0.3) is 0 Å². The molecule has 0 fully saturated rings. The zero-order valence-electron chi connectivity index (χ0n) is 11.6. The second-order valence-corrected chi connectivity index (χ2v) is 5.10. The molecule has 0 spiro atoms. The number of aliphatic hydroxyl groups excluding tert-OH is 1. The molecule has 0 bridgehead atoms. The van der Waals surface area contributed by atoms with Crippen molar-refractivity contribution in [3.8, 4) is 5.75 Å². The molecule has 4 nitrogen and oxygen atoms in total. The van der Waals surface area contributed by atoms with Gasteiger partial charge in [0, 0.05) is 6.61 Å². The van der Waals surface area contributed by atoms with Crippen LogP contribution in [0.2, 0.25) is 0 Å². The molecule has 1 aromatic carbocycles. The molecule has 0 aliphatic carbocycles. The van der Waals surface area contributed by atoms with E-state index in [0.717, 1.165) is 31.2 Å². The Kier molecular flexibility index (Phi) is 5.83. The number of aliphatic carboxylic acids is 1. The van der Waals surface area contributed by atoms with Gasteiger partial charge in [-0.2, -0.15) is 0 Å². The average molecular weight is 266 g/mol. The van der Waals surface area contributed by atoms with Crippen LogP contribution in [-0.4, -0.2) is 28.4 Å². The maximum Gasteiger partial charge on any atom is 0.347 e. The topological polar surface area (TPSA) is 66.8 Å². The smallest absolute Gasteiger partial charge is 0.347 e. The van der Waals surface area contributed by atoms with Crippen molar-refractivity contribution in [2.75, 3.05) is 6.61 Å². The van der Waals surface area contributed by atoms with Crippen LogP contribution in [0.5, 0.6) is 5.75 Å². The molecule has 0 aliphatic rings. The lowest BCUT2D eigenvalue weighted by molar-refractivity contribution is -0.152. The molecule has 0 saturated heterocycles. The predicted octanol–water partition coefficient (Wildman–Crippen LogP) is 2.63. The molecular formula is C15H22O4. The van der Waals surface area contributed by atoms with Gasteiger partial charge in [0.2, 0.25) is 0 Å². The van der Waals surface area contributed by atoms with E-state index < -0.39 is 11.6 Å². The molecule has 0 heterocycles. The van der Waals surface area contributed by atoms with Gasteiger partial charge in [0.15, 0.2) is 5.60 Å². The zero-order chi connectivity index (χ0) is 14.3. The number of benzene rings is 1. The Bertz CT molecular complexity index is 412. The van der Waals surface area contributed by atoms with Gasteiger partial charge in [-0.05, 0) is 50.8 Å². The molecule has 106 valence electrons. The first kappa shape index (κ1) is 15.5. The molecule has 0 atom stereocenters. The number of unbranched alkanes of at least 4 members (excludes halogenated alkanes) is 2. The fourth-order valence-corrected chi connectivity index (χ4v) is 1.72. The lowest BCUT2D eigenvalue weighted by atomic mass is 10.1. The lowest BCUT2D eigenvalue weighted by Gasteiger charge is -2.21. The molecule has 4 heteroatoms. The van der Waals surface area contributed by atoms with Crippen LogP contribution < -0.4 is 4.74 Å². The summed E-state index contributed by atoms with van der Waals surface area (Å²) in [5.74, 6) is -0.409. The molecule has 0 aliphatic heterocycles. The van der Waals surface area contributed by atoms with E-state index in [9.17, 15) is 4.79 Å². The van der Waals surface area contributed by atoms with Crippen molar-refractivity contribution in [1.29, 1.82) is 0 Å². The van der Waals surface area contributed by atoms with E-state index in [0.29, 0.717) is 5.75 Å². The Morgan fingerprint density at radius 2 is 2.00 bits per heavy atom. The number of carboxylic acids is 1. The summed E-state index contributed by atoms with van der Waals surface area (Å²) in [7, 11) is 0. The van der Waals surface area contributed by atoms with E-state index in [1.54, 1.807) is 6.07 Å². The van der Waals surface area contributed by atoms with Crippen molar-refractivity contribution in [3.63, 3.8) is 0 Å². The van der Waals surface area contributed by atoms with Gasteiger partial charge in [-0.3, -0.25) is 0 Å². The number of carbonyl (C=O) groups is 1. The summed E-state index contributed by atoms with van der Waals surface area (Å²) >= 11 is 0. The summed E-state index contributed by atoms with van der Waals surface area (Å²) in [4.78, 5) is 11.0. The van der Waals surface area contributed by atoms with Crippen molar-refractivity contribution in [3.05, 3.63) is 29.8 Å². The van der Waals surface area contributed by atoms with E-state index in [1.165, 1.54) is 13.8 Å². The summed E-state index contributed by atoms with van der Waals surface area (Å²) in [6, 6.07) is 7.51. The van der Waals surface area contributed by atoms with E-state index in [1.807, 2.05) is 18.2 Å². The van der Waals surface area contributed by atoms with Crippen LogP contribution in [0.15, 0.2) is 24.3 Å². The Morgan fingerprint density at radius 1 is 1.26 bits per heavy atom. The number of ether oxygens (including phenoxy) is 1. The summed E-state index contributed by atoms with van der Waals surface area (Å²) in [5.41, 5.74) is -0.105. The van der Waals surface area contributed by atoms with Gasteiger partial charge in [0.1, 0.15) is 5.75 Å². The number of hydrogen-bond donors (Lipinski definition) is 2. The Morgan fingerprint density at radius 3 is 2.63 bits per heavy atom. The highest BCUT2D eigenvalue weighted by atomic mass is 16.5. The Hall–Kier alpha value is -1.55. The average Bonchev–Trinajstić information content (AvgIpc) is 2.34. The third kappa shape index (κ3) is 5.30. The fourth-order valence-electron chi connectivity index (χ4n) is 1.72. The lowest BCUT2D eigenvalue weighted by Crippen LogP contribution is -2.37. The van der Waals surface area contributed by atoms with Gasteiger partial charge in [0.05, 0.1) is 0 Å². The maximum atomic E-state index is 11.0. The summed E-state index contributed by atoms with van der Waals surface area (Å²) in [6.07, 6.45) is 3.72. The molecule has 0 amide bonds. The van der Waals surface area contributed by atoms with E-state index in [-0.39, 0.29) is 6.61 Å². The number of rotatable bonds is 8. The zero-order valence-corrected chi connectivity index (χ0v) is 11.6. The Labute approximate surface area is 114 Å². The highest BCUT2D eigenvalue weighted by Gasteiger charge is 2.29. The van der Waals surface area contributed by atoms with Crippen molar-refractivity contribution in [2.45, 2.75) is 45.1 Å². The molecule has 0 radical (unpaired) electrons. The molecular weight excluding hydrogens is 244 g/mol. The summed E-state index contributed by atoms with van der Waals surface area (Å²) in [5, 5.41) is 17.7. The summed E-state index contributed by atoms with van der Waals surface area (Å²) < 4.78 is 5.49. The molecule has 0 saturated carbocycles. The molecule has 19 heavy (non-hydrogen) atoms. The predicted molar refractivity (Wildman–Crippen MR) is 73.4 cm³/mol. The molecule has 0 unspecified atom stereocenters. The molecule has 1 rings (SSSR count). The first-order valence-electron chi connectivity index (χ1n) is 6.58. The van der Waals surface area contributed by atoms with Gasteiger partial charge in [-0.1, -0.05) is 18.6 Å². The third-order valence-electron chi connectivity index (χ3n) is 2.91. The monoisotopic (exact) mass is 266 g/mol. The number of carboxylic acid groups (broad SMARTS) is 1. The first-order valence-corrected chi connectivity index (χ1v) is 6.58. The van der Waals surface area contributed by atoms with Gasteiger partial charge in [-0.25, -0.2) is 4.79 Å². The van der Waals surface area contributed by atoms with Crippen LogP contribution in [0.4, 0.5) is 0 Å². The highest BCUT2D eigenvalue weighted by Crippen LogP contribution is 2.21. The molecule has 2 N–H and O–H groups in total.